The molecule has 568 valence electrons. The first-order chi connectivity index (χ1) is 43.0. The molecule has 0 heterocycles. The van der Waals surface area contributed by atoms with E-state index in [-0.39, 0.29) is 0 Å². The van der Waals surface area contributed by atoms with Crippen LogP contribution in [0.4, 0.5) is 0 Å². The molecule has 1 aromatic carbocycles. The van der Waals surface area contributed by atoms with Crippen LogP contribution in [0.2, 0.25) is 0 Å². The van der Waals surface area contributed by atoms with Crippen LogP contribution in [0.1, 0.15) is 484 Å². The maximum Gasteiger partial charge on any atom is 0.122 e. The van der Waals surface area contributed by atoms with Crippen LogP contribution in [0.5, 0.6) is 5.75 Å². The van der Waals surface area contributed by atoms with Gasteiger partial charge in [-0.15, -0.1) is 0 Å². The van der Waals surface area contributed by atoms with Gasteiger partial charge in [-0.25, -0.2) is 0 Å². The molecule has 1 rings (SSSR count). The van der Waals surface area contributed by atoms with Gasteiger partial charge in [0.05, 0.1) is 6.61 Å². The number of hydrogen-bond donors (Lipinski definition) is 0. The molecule has 0 N–H and O–H groups in total. The summed E-state index contributed by atoms with van der Waals surface area (Å²) in [6.07, 6.45) is 51.5. The first-order valence-corrected chi connectivity index (χ1v) is 41.7. The fourth-order valence-electron chi connectivity index (χ4n) is 11.0. The lowest BCUT2D eigenvalue weighted by Crippen LogP contribution is -2.11. The normalized spacial score (nSPS) is 12.8. The number of unbranched alkanes of at least 4 members (excludes halogenated alkanes) is 13. The van der Waals surface area contributed by atoms with E-state index in [0.29, 0.717) is 27.1 Å². The summed E-state index contributed by atoms with van der Waals surface area (Å²) in [4.78, 5) is 0. The highest BCUT2D eigenvalue weighted by Gasteiger charge is 2.16. The summed E-state index contributed by atoms with van der Waals surface area (Å²) in [6.45, 7) is 82.9. The van der Waals surface area contributed by atoms with Crippen molar-refractivity contribution in [2.24, 2.45) is 68.5 Å². The smallest absolute Gasteiger partial charge is 0.122 e. The van der Waals surface area contributed by atoms with Crippen LogP contribution in [-0.4, -0.2) is 6.61 Å². The zero-order chi connectivity index (χ0) is 74.0. The number of rotatable bonds is 38. The van der Waals surface area contributed by atoms with E-state index in [4.69, 9.17) is 4.74 Å². The van der Waals surface area contributed by atoms with Gasteiger partial charge < -0.3 is 4.74 Å². The zero-order valence-electron chi connectivity index (χ0n) is 73.1. The van der Waals surface area contributed by atoms with Crippen molar-refractivity contribution in [2.75, 3.05) is 6.61 Å². The predicted molar refractivity (Wildman–Crippen MR) is 442 cm³/mol. The molecule has 0 bridgehead atoms. The lowest BCUT2D eigenvalue weighted by molar-refractivity contribution is 0.268. The third kappa shape index (κ3) is 118. The van der Waals surface area contributed by atoms with Gasteiger partial charge in [-0.1, -0.05) is 453 Å². The van der Waals surface area contributed by atoms with Gasteiger partial charge in [-0.3, -0.25) is 0 Å². The molecule has 0 aliphatic heterocycles. The van der Waals surface area contributed by atoms with Crippen LogP contribution in [0.15, 0.2) is 18.2 Å². The summed E-state index contributed by atoms with van der Waals surface area (Å²) in [7, 11) is 0. The summed E-state index contributed by atoms with van der Waals surface area (Å²) in [5, 5.41) is 0. The Hall–Kier alpha value is -0.980. The summed E-state index contributed by atoms with van der Waals surface area (Å²) in [6, 6.07) is 6.36. The van der Waals surface area contributed by atoms with E-state index in [1.807, 2.05) is 0 Å². The van der Waals surface area contributed by atoms with Crippen LogP contribution in [-0.2, 0) is 0 Å². The third-order valence-electron chi connectivity index (χ3n) is 17.6. The largest absolute Gasteiger partial charge is 0.493 e. The van der Waals surface area contributed by atoms with Crippen molar-refractivity contribution in [1.29, 1.82) is 0 Å². The first kappa shape index (κ1) is 108. The maximum absolute atomic E-state index is 5.81. The highest BCUT2D eigenvalue weighted by atomic mass is 16.5. The Morgan fingerprint density at radius 2 is 0.624 bits per heavy atom. The Bertz CT molecular complexity index is 1490. The molecule has 0 aliphatic rings. The molecular weight excluding hydrogens is 1120 g/mol. The van der Waals surface area contributed by atoms with Crippen molar-refractivity contribution in [3.8, 4) is 5.75 Å². The van der Waals surface area contributed by atoms with E-state index < -0.39 is 0 Å². The van der Waals surface area contributed by atoms with Gasteiger partial charge in [-0.05, 0) is 132 Å². The zero-order valence-corrected chi connectivity index (χ0v) is 73.1. The molecule has 4 unspecified atom stereocenters. The lowest BCUT2D eigenvalue weighted by Gasteiger charge is -2.23. The molecule has 0 aliphatic carbocycles. The lowest BCUT2D eigenvalue weighted by atomic mass is 9.83. The second-order valence-electron chi connectivity index (χ2n) is 36.9. The minimum absolute atomic E-state index is 0.408. The van der Waals surface area contributed by atoms with Gasteiger partial charge in [0, 0.05) is 0 Å². The minimum atomic E-state index is 0.408. The van der Waals surface area contributed by atoms with E-state index in [9.17, 15) is 0 Å². The van der Waals surface area contributed by atoms with Gasteiger partial charge in [0.25, 0.3) is 0 Å². The van der Waals surface area contributed by atoms with Crippen molar-refractivity contribution in [3.05, 3.63) is 29.3 Å². The molecule has 1 aromatic rings. The second-order valence-corrected chi connectivity index (χ2v) is 36.9. The molecule has 0 fully saturated rings. The monoisotopic (exact) mass is 1320 g/mol. The number of benzene rings is 1. The fourth-order valence-corrected chi connectivity index (χ4v) is 11.0. The van der Waals surface area contributed by atoms with Gasteiger partial charge in [0.1, 0.15) is 5.75 Å². The molecular formula is C92H194O. The standard InChI is InChI=1S/C18H38.C16H34.C15H24O.C9H20.2C8H18.3C6H14/c1-4-6-8-10-11-13-15-17-18(3)16-14-12-9-7-5-2;1-14(13-16(5,6)7)11-9-8-10-12-15(2,3)4;1-12-7-8-13(2)14(11-12)16-10-6-9-15(3,4)5;1-6-8(2)7-9(3,4)5;1-4-6-7-8(3)5-2;1-4-6-8(3)7-5-2;1-5-6(2,3)4;2*1-4-5-6(2)3/h18H,4-17H2,1-3H3;14H,8-13H2,1-7H3;7-8,11H,6,9-10H2,1-5H3;8H,6-7H2,1-5H3;2*8H,4-7H2,1-3H3;5H2,1-4H3;2*6H,4-5H2,1-3H3. The SMILES string of the molecule is CC(CCCCCC(C)(C)C)CC(C)(C)C.CCC(C)(C)C.CCC(C)CC(C)(C)C.CCCC(C)C.CCCC(C)C.CCCC(C)CCC.CCCCC(C)CC.CCCCCCCCCC(C)CCCCCCC.Cc1ccc(C)c(OCCCC(C)(C)C)c1. The summed E-state index contributed by atoms with van der Waals surface area (Å²) >= 11 is 0. The van der Waals surface area contributed by atoms with Gasteiger partial charge in [0.2, 0.25) is 0 Å². The Kier molecular flexibility index (Phi) is 83.9. The molecule has 0 radical (unpaired) electrons. The molecule has 0 amide bonds. The van der Waals surface area contributed by atoms with Crippen LogP contribution >= 0.6 is 0 Å². The highest BCUT2D eigenvalue weighted by molar-refractivity contribution is 5.35. The summed E-state index contributed by atoms with van der Waals surface area (Å²) in [5.74, 6) is 7.51. The first-order valence-electron chi connectivity index (χ1n) is 41.7. The molecule has 0 saturated heterocycles. The third-order valence-corrected chi connectivity index (χ3v) is 17.6. The van der Waals surface area contributed by atoms with Crippen molar-refractivity contribution in [3.63, 3.8) is 0 Å². The fraction of sp³-hybridized carbons (Fsp3) is 0.935. The van der Waals surface area contributed by atoms with E-state index in [1.165, 1.54) is 242 Å². The Labute approximate surface area is 598 Å². The van der Waals surface area contributed by atoms with E-state index in [1.54, 1.807) is 0 Å². The average molecular weight is 1320 g/mol. The van der Waals surface area contributed by atoms with Crippen molar-refractivity contribution >= 4 is 0 Å². The molecule has 93 heavy (non-hydrogen) atoms. The Morgan fingerprint density at radius 1 is 0.301 bits per heavy atom. The van der Waals surface area contributed by atoms with Crippen molar-refractivity contribution in [1.82, 2.24) is 0 Å². The number of ether oxygens (including phenoxy) is 1. The van der Waals surface area contributed by atoms with E-state index >= 15 is 0 Å². The van der Waals surface area contributed by atoms with Gasteiger partial charge >= 0.3 is 0 Å². The predicted octanol–water partition coefficient (Wildman–Crippen LogP) is 34.9. The van der Waals surface area contributed by atoms with Gasteiger partial charge in [-0.2, -0.15) is 0 Å². The van der Waals surface area contributed by atoms with E-state index in [2.05, 4.69) is 267 Å². The molecule has 0 aromatic heterocycles. The molecule has 4 atom stereocenters. The average Bonchev–Trinajstić information content (AvgIpc) is 1.16. The molecule has 1 nitrogen and oxygen atoms in total. The molecule has 0 saturated carbocycles. The molecule has 0 spiro atoms. The van der Waals surface area contributed by atoms with Crippen LogP contribution in [0.3, 0.4) is 0 Å². The van der Waals surface area contributed by atoms with Crippen LogP contribution in [0, 0.1) is 82.3 Å². The summed E-state index contributed by atoms with van der Waals surface area (Å²) < 4.78 is 5.81. The summed E-state index contributed by atoms with van der Waals surface area (Å²) in [5.41, 5.74) is 4.99. The maximum atomic E-state index is 5.81. The minimum Gasteiger partial charge on any atom is -0.493 e. The van der Waals surface area contributed by atoms with Crippen LogP contribution < -0.4 is 4.74 Å². The topological polar surface area (TPSA) is 9.23 Å². The van der Waals surface area contributed by atoms with Crippen molar-refractivity contribution < 1.29 is 4.74 Å². The number of hydrogen-bond acceptors (Lipinski definition) is 1. The van der Waals surface area contributed by atoms with E-state index in [0.717, 1.165) is 60.2 Å². The van der Waals surface area contributed by atoms with Gasteiger partial charge in [0.15, 0.2) is 0 Å². The number of aryl methyl sites for hydroxylation is 2. The molecule has 1 heteroatoms. The Balaban J connectivity index is -0.000000150. The highest BCUT2D eigenvalue weighted by Crippen LogP contribution is 2.29. The van der Waals surface area contributed by atoms with Crippen molar-refractivity contribution in [2.45, 2.75) is 487 Å². The quantitative estimate of drug-likeness (QED) is 0.0600. The second kappa shape index (κ2) is 72.3. The van der Waals surface area contributed by atoms with Crippen LogP contribution in [0.25, 0.3) is 0 Å². The Morgan fingerprint density at radius 3 is 0.935 bits per heavy atom.